The van der Waals surface area contributed by atoms with Gasteiger partial charge in [-0.1, -0.05) is 66.7 Å². The van der Waals surface area contributed by atoms with E-state index in [9.17, 15) is 14.4 Å². The topological polar surface area (TPSA) is 106 Å². The number of nitrogens with one attached hydrogen (secondary N) is 3. The average molecular weight is 644 g/mol. The van der Waals surface area contributed by atoms with Crippen LogP contribution in [0.4, 0.5) is 11.4 Å². The Balaban J connectivity index is 1.33. The van der Waals surface area contributed by atoms with E-state index in [4.69, 9.17) is 9.47 Å². The van der Waals surface area contributed by atoms with E-state index >= 15 is 0 Å². The lowest BCUT2D eigenvalue weighted by atomic mass is 10.1. The van der Waals surface area contributed by atoms with Gasteiger partial charge in [0.15, 0.2) is 0 Å². The number of ether oxygens (including phenoxy) is 2. The normalized spacial score (nSPS) is 11.6. The van der Waals surface area contributed by atoms with Crippen LogP contribution in [0.5, 0.6) is 11.5 Å². The van der Waals surface area contributed by atoms with Crippen molar-refractivity contribution in [3.8, 4) is 11.5 Å². The van der Waals surface area contributed by atoms with E-state index in [0.717, 1.165) is 10.5 Å². The summed E-state index contributed by atoms with van der Waals surface area (Å²) < 4.78 is 10.7. The molecule has 0 aliphatic heterocycles. The van der Waals surface area contributed by atoms with Crippen molar-refractivity contribution in [2.75, 3.05) is 24.9 Å². The van der Waals surface area contributed by atoms with Gasteiger partial charge in [0.2, 0.25) is 5.91 Å². The van der Waals surface area contributed by atoms with Gasteiger partial charge in [0, 0.05) is 27.4 Å². The fourth-order valence-corrected chi connectivity index (χ4v) is 5.64. The fourth-order valence-electron chi connectivity index (χ4n) is 4.62. The van der Waals surface area contributed by atoms with Gasteiger partial charge in [-0.2, -0.15) is 0 Å². The smallest absolute Gasteiger partial charge is 0.272 e. The molecule has 0 bridgehead atoms. The van der Waals surface area contributed by atoms with Gasteiger partial charge in [-0.15, -0.1) is 11.8 Å². The van der Waals surface area contributed by atoms with E-state index in [-0.39, 0.29) is 11.6 Å². The lowest BCUT2D eigenvalue weighted by Gasteiger charge is -2.18. The first-order valence-corrected chi connectivity index (χ1v) is 15.6. The molecule has 0 aromatic heterocycles. The maximum atomic E-state index is 13.5. The third-order valence-electron chi connectivity index (χ3n) is 7.03. The zero-order chi connectivity index (χ0) is 33.0. The van der Waals surface area contributed by atoms with Crippen LogP contribution in [0, 0.1) is 0 Å². The molecule has 236 valence electrons. The molecule has 8 nitrogen and oxygen atoms in total. The molecule has 3 amide bonds. The molecule has 1 atom stereocenters. The molecule has 5 aromatic carbocycles. The number of anilines is 2. The second-order valence-corrected chi connectivity index (χ2v) is 11.4. The van der Waals surface area contributed by atoms with E-state index < -0.39 is 17.1 Å². The van der Waals surface area contributed by atoms with Crippen molar-refractivity contribution in [3.63, 3.8) is 0 Å². The zero-order valence-electron chi connectivity index (χ0n) is 25.8. The molecule has 0 aliphatic carbocycles. The second kappa shape index (κ2) is 16.0. The predicted molar refractivity (Wildman–Crippen MR) is 187 cm³/mol. The van der Waals surface area contributed by atoms with Gasteiger partial charge in [-0.05, 0) is 78.4 Å². The first-order chi connectivity index (χ1) is 22.9. The van der Waals surface area contributed by atoms with E-state index in [1.165, 1.54) is 11.8 Å². The maximum Gasteiger partial charge on any atom is 0.272 e. The van der Waals surface area contributed by atoms with E-state index in [1.807, 2.05) is 60.7 Å². The molecule has 0 fully saturated rings. The maximum absolute atomic E-state index is 13.5. The third-order valence-corrected chi connectivity index (χ3v) is 8.30. The van der Waals surface area contributed by atoms with Gasteiger partial charge >= 0.3 is 0 Å². The van der Waals surface area contributed by atoms with Crippen molar-refractivity contribution in [1.29, 1.82) is 0 Å². The van der Waals surface area contributed by atoms with Crippen molar-refractivity contribution in [2.45, 2.75) is 10.1 Å². The summed E-state index contributed by atoms with van der Waals surface area (Å²) in [6, 6.07) is 39.7. The number of thioether (sulfide) groups is 1. The Labute approximate surface area is 277 Å². The van der Waals surface area contributed by atoms with E-state index in [0.29, 0.717) is 34.0 Å². The Bertz CT molecular complexity index is 1840. The van der Waals surface area contributed by atoms with Crippen LogP contribution in [0.2, 0.25) is 0 Å². The Kier molecular flexibility index (Phi) is 11.1. The average Bonchev–Trinajstić information content (AvgIpc) is 3.12. The predicted octanol–water partition coefficient (Wildman–Crippen LogP) is 7.59. The van der Waals surface area contributed by atoms with Crippen LogP contribution in [-0.4, -0.2) is 31.9 Å². The molecule has 0 spiro atoms. The number of para-hydroxylation sites is 1. The van der Waals surface area contributed by atoms with Gasteiger partial charge in [-0.3, -0.25) is 14.4 Å². The van der Waals surface area contributed by atoms with E-state index in [2.05, 4.69) is 16.0 Å². The van der Waals surface area contributed by atoms with Crippen LogP contribution in [0.1, 0.15) is 26.7 Å². The summed E-state index contributed by atoms with van der Waals surface area (Å²) in [5, 5.41) is 8.07. The highest BCUT2D eigenvalue weighted by molar-refractivity contribution is 8.00. The van der Waals surface area contributed by atoms with Crippen LogP contribution in [-0.2, 0) is 9.59 Å². The lowest BCUT2D eigenvalue weighted by Crippen LogP contribution is -2.30. The Hall–Kier alpha value is -5.80. The van der Waals surface area contributed by atoms with Gasteiger partial charge in [0.05, 0.1) is 14.2 Å². The zero-order valence-corrected chi connectivity index (χ0v) is 26.6. The van der Waals surface area contributed by atoms with Gasteiger partial charge < -0.3 is 25.4 Å². The highest BCUT2D eigenvalue weighted by Gasteiger charge is 2.23. The summed E-state index contributed by atoms with van der Waals surface area (Å²) in [4.78, 5) is 40.8. The number of rotatable bonds is 12. The Morgan fingerprint density at radius 1 is 0.660 bits per heavy atom. The summed E-state index contributed by atoms with van der Waals surface area (Å²) in [6.45, 7) is 0. The van der Waals surface area contributed by atoms with Crippen LogP contribution >= 0.6 is 11.8 Å². The molecule has 1 unspecified atom stereocenters. The van der Waals surface area contributed by atoms with Crippen molar-refractivity contribution >= 4 is 46.9 Å². The first kappa shape index (κ1) is 32.6. The fraction of sp³-hybridized carbons (Fsp3) is 0.0789. The first-order valence-electron chi connectivity index (χ1n) is 14.7. The summed E-state index contributed by atoms with van der Waals surface area (Å²) in [7, 11) is 3.13. The SMILES string of the molecule is COc1ccc(NC(=O)C(Sc2ccc(NC(=O)/C(=C/c3ccccc3OC)NC(=O)c3ccccc3)cc2)c2ccccc2)cc1. The standard InChI is InChI=1S/C38H33N3O5S/c1-45-31-21-17-29(18-22-31)40-38(44)35(26-11-5-3-6-12-26)47-32-23-19-30(20-24-32)39-37(43)33(25-28-15-9-10-16-34(28)46-2)41-36(42)27-13-7-4-8-14-27/h3-25,35H,1-2H3,(H,39,43)(H,40,44)(H,41,42)/b33-25-. The monoisotopic (exact) mass is 643 g/mol. The second-order valence-electron chi connectivity index (χ2n) is 10.2. The molecular formula is C38H33N3O5S. The molecule has 3 N–H and O–H groups in total. The number of methoxy groups -OCH3 is 2. The lowest BCUT2D eigenvalue weighted by molar-refractivity contribution is -0.116. The molecule has 5 rings (SSSR count). The van der Waals surface area contributed by atoms with Gasteiger partial charge in [0.1, 0.15) is 22.4 Å². The Morgan fingerprint density at radius 3 is 1.91 bits per heavy atom. The molecule has 0 aliphatic rings. The van der Waals surface area contributed by atoms with Crippen LogP contribution in [0.25, 0.3) is 6.08 Å². The molecule has 0 heterocycles. The van der Waals surface area contributed by atoms with Gasteiger partial charge in [0.25, 0.3) is 11.8 Å². The van der Waals surface area contributed by atoms with Crippen molar-refractivity contribution in [2.24, 2.45) is 0 Å². The summed E-state index contributed by atoms with van der Waals surface area (Å²) in [6.07, 6.45) is 1.57. The minimum absolute atomic E-state index is 0.0427. The summed E-state index contributed by atoms with van der Waals surface area (Å²) in [5.41, 5.74) is 3.10. The summed E-state index contributed by atoms with van der Waals surface area (Å²) in [5.74, 6) is 0.140. The van der Waals surface area contributed by atoms with Crippen molar-refractivity contribution < 1.29 is 23.9 Å². The molecular weight excluding hydrogens is 611 g/mol. The number of hydrogen-bond donors (Lipinski definition) is 3. The number of hydrogen-bond acceptors (Lipinski definition) is 6. The molecule has 0 saturated carbocycles. The third kappa shape index (κ3) is 8.90. The van der Waals surface area contributed by atoms with E-state index in [1.54, 1.807) is 93.1 Å². The molecule has 47 heavy (non-hydrogen) atoms. The highest BCUT2D eigenvalue weighted by atomic mass is 32.2. The highest BCUT2D eigenvalue weighted by Crippen LogP contribution is 2.37. The molecule has 5 aromatic rings. The van der Waals surface area contributed by atoms with Crippen LogP contribution in [0.15, 0.2) is 144 Å². The Morgan fingerprint density at radius 2 is 1.26 bits per heavy atom. The summed E-state index contributed by atoms with van der Waals surface area (Å²) >= 11 is 1.39. The van der Waals surface area contributed by atoms with Crippen molar-refractivity contribution in [1.82, 2.24) is 5.32 Å². The molecule has 0 radical (unpaired) electrons. The minimum atomic E-state index is -0.540. The largest absolute Gasteiger partial charge is 0.497 e. The number of carbonyl (C=O) groups is 3. The van der Waals surface area contributed by atoms with Crippen LogP contribution < -0.4 is 25.4 Å². The molecule has 0 saturated heterocycles. The number of amides is 3. The van der Waals surface area contributed by atoms with Crippen molar-refractivity contribution in [3.05, 3.63) is 156 Å². The minimum Gasteiger partial charge on any atom is -0.497 e. The quantitative estimate of drug-likeness (QED) is 0.0956. The number of carbonyl (C=O) groups excluding carboxylic acids is 3. The molecule has 9 heteroatoms. The van der Waals surface area contributed by atoms with Crippen LogP contribution in [0.3, 0.4) is 0 Å². The van der Waals surface area contributed by atoms with Gasteiger partial charge in [-0.25, -0.2) is 0 Å². The number of benzene rings is 5.